The van der Waals surface area contributed by atoms with Crippen molar-refractivity contribution in [2.24, 2.45) is 5.92 Å². The molecule has 0 bridgehead atoms. The molecule has 282 valence electrons. The summed E-state index contributed by atoms with van der Waals surface area (Å²) >= 11 is 6.37. The molecule has 0 saturated carbocycles. The van der Waals surface area contributed by atoms with E-state index in [0.29, 0.717) is 24.3 Å². The lowest BCUT2D eigenvalue weighted by atomic mass is 9.75. The van der Waals surface area contributed by atoms with Crippen LogP contribution in [-0.4, -0.2) is 81.0 Å². The summed E-state index contributed by atoms with van der Waals surface area (Å²) < 4.78 is 35.1. The van der Waals surface area contributed by atoms with Gasteiger partial charge in [0.25, 0.3) is 0 Å². The van der Waals surface area contributed by atoms with Gasteiger partial charge in [-0.3, -0.25) is 24.1 Å². The monoisotopic (exact) mass is 770 g/mol. The molecule has 5 aromatic rings. The molecule has 15 heteroatoms. The Kier molecular flexibility index (Phi) is 12.1. The van der Waals surface area contributed by atoms with E-state index in [4.69, 9.17) is 30.2 Å². The second kappa shape index (κ2) is 16.8. The fraction of sp³-hybridized carbons (Fsp3) is 0.359. The van der Waals surface area contributed by atoms with Crippen LogP contribution in [0.2, 0.25) is 0 Å². The number of nitrogens with zero attached hydrogens (tertiary/aromatic N) is 7. The molecular formula is C39H44ClN8O5P. The third-order valence-corrected chi connectivity index (χ3v) is 11.9. The van der Waals surface area contributed by atoms with E-state index in [-0.39, 0.29) is 36.7 Å². The van der Waals surface area contributed by atoms with Gasteiger partial charge in [0.2, 0.25) is 17.7 Å². The Morgan fingerprint density at radius 2 is 1.57 bits per heavy atom. The van der Waals surface area contributed by atoms with Crippen molar-refractivity contribution in [3.05, 3.63) is 114 Å². The van der Waals surface area contributed by atoms with Crippen LogP contribution < -0.4 is 10.1 Å². The van der Waals surface area contributed by atoms with E-state index in [1.54, 1.807) is 45.8 Å². The van der Waals surface area contributed by atoms with Gasteiger partial charge in [-0.15, -0.1) is 0 Å². The van der Waals surface area contributed by atoms with Crippen LogP contribution in [0, 0.1) is 17.2 Å². The number of nitriles is 1. The molecule has 0 radical (unpaired) electrons. The van der Waals surface area contributed by atoms with Crippen LogP contribution in [0.3, 0.4) is 0 Å². The zero-order valence-electron chi connectivity index (χ0n) is 30.9. The van der Waals surface area contributed by atoms with Crippen molar-refractivity contribution < 1.29 is 23.4 Å². The van der Waals surface area contributed by atoms with E-state index >= 15 is 0 Å². The van der Waals surface area contributed by atoms with Gasteiger partial charge in [-0.05, 0) is 49.0 Å². The molecule has 0 spiro atoms. The summed E-state index contributed by atoms with van der Waals surface area (Å²) in [6.07, 6.45) is -0.184. The molecule has 0 aliphatic carbocycles. The minimum atomic E-state index is -3.65. The highest BCUT2D eigenvalue weighted by atomic mass is 35.7. The number of morpholine rings is 1. The highest BCUT2D eigenvalue weighted by Crippen LogP contribution is 2.54. The number of fused-ring (bicyclic) bond motifs is 1. The Morgan fingerprint density at radius 1 is 1.00 bits per heavy atom. The number of carbonyl (C=O) groups excluding carboxylic acids is 1. The van der Waals surface area contributed by atoms with Gasteiger partial charge in [0.1, 0.15) is 12.3 Å². The largest absolute Gasteiger partial charge is 0.472 e. The van der Waals surface area contributed by atoms with Gasteiger partial charge in [0.15, 0.2) is 11.2 Å². The van der Waals surface area contributed by atoms with Crippen LogP contribution in [0.4, 0.5) is 5.95 Å². The minimum Gasteiger partial charge on any atom is -0.472 e. The smallest absolute Gasteiger partial charge is 0.362 e. The Morgan fingerprint density at radius 3 is 2.09 bits per heavy atom. The fourth-order valence-corrected chi connectivity index (χ4v) is 7.32. The fourth-order valence-electron chi connectivity index (χ4n) is 6.57. The summed E-state index contributed by atoms with van der Waals surface area (Å²) in [4.78, 5) is 29.1. The third kappa shape index (κ3) is 8.20. The SMILES string of the molecule is CC(C)C(=O)Nc1nc(O[C@H](C)CC#N)c2ncn([C@H]3CN(C(c4ccccc4)(c4ccccc4)c4ccccc4)C[C@@H](CO[P@@](=O)(Cl)N(C)C)O3)c2n1. The molecule has 1 amide bonds. The van der Waals surface area contributed by atoms with E-state index < -0.39 is 30.8 Å². The van der Waals surface area contributed by atoms with Gasteiger partial charge >= 0.3 is 6.87 Å². The van der Waals surface area contributed by atoms with Gasteiger partial charge in [0.05, 0.1) is 37.1 Å². The first-order valence-corrected chi connectivity index (χ1v) is 20.2. The number of hydrogen-bond donors (Lipinski definition) is 1. The lowest BCUT2D eigenvalue weighted by Crippen LogP contribution is -2.57. The number of aromatic nitrogens is 4. The van der Waals surface area contributed by atoms with E-state index in [9.17, 15) is 14.6 Å². The lowest BCUT2D eigenvalue weighted by molar-refractivity contribution is -0.145. The Labute approximate surface area is 320 Å². The lowest BCUT2D eigenvalue weighted by Gasteiger charge is -2.50. The molecule has 4 atom stereocenters. The van der Waals surface area contributed by atoms with Crippen LogP contribution in [0.15, 0.2) is 97.3 Å². The maximum absolute atomic E-state index is 13.2. The van der Waals surface area contributed by atoms with Crippen LogP contribution in [0.5, 0.6) is 5.88 Å². The molecule has 1 aliphatic heterocycles. The number of nitrogens with one attached hydrogen (secondary N) is 1. The Balaban J connectivity index is 1.53. The van der Waals surface area contributed by atoms with Crippen LogP contribution in [0.25, 0.3) is 11.2 Å². The first-order chi connectivity index (χ1) is 25.9. The number of anilines is 1. The maximum Gasteiger partial charge on any atom is 0.362 e. The van der Waals surface area contributed by atoms with Crippen LogP contribution in [-0.2, 0) is 24.2 Å². The van der Waals surface area contributed by atoms with Gasteiger partial charge in [-0.1, -0.05) is 105 Å². The van der Waals surface area contributed by atoms with Gasteiger partial charge in [-0.25, -0.2) is 9.65 Å². The number of halogens is 1. The molecule has 3 aromatic carbocycles. The maximum atomic E-state index is 13.2. The average molecular weight is 771 g/mol. The van der Waals surface area contributed by atoms with Crippen LogP contribution in [0.1, 0.15) is 50.1 Å². The van der Waals surface area contributed by atoms with Gasteiger partial charge < -0.3 is 14.0 Å². The predicted molar refractivity (Wildman–Crippen MR) is 207 cm³/mol. The highest BCUT2D eigenvalue weighted by molar-refractivity contribution is 7.83. The third-order valence-electron chi connectivity index (χ3n) is 9.25. The topological polar surface area (TPSA) is 148 Å². The number of rotatable bonds is 14. The Bertz CT molecular complexity index is 2030. The molecule has 13 nitrogen and oxygen atoms in total. The van der Waals surface area contributed by atoms with Crippen molar-refractivity contribution in [1.82, 2.24) is 29.1 Å². The second-order valence-corrected chi connectivity index (χ2v) is 16.9. The summed E-state index contributed by atoms with van der Waals surface area (Å²) in [5.41, 5.74) is 2.91. The molecule has 2 aromatic heterocycles. The number of amides is 1. The predicted octanol–water partition coefficient (Wildman–Crippen LogP) is 7.22. The van der Waals surface area contributed by atoms with E-state index in [2.05, 4.69) is 62.7 Å². The van der Waals surface area contributed by atoms with Crippen LogP contribution >= 0.6 is 18.1 Å². The second-order valence-electron chi connectivity index (χ2n) is 13.6. The molecule has 1 N–H and O–H groups in total. The molecule has 6 rings (SSSR count). The van der Waals surface area contributed by atoms with Crippen molar-refractivity contribution >= 4 is 41.1 Å². The zero-order chi connectivity index (χ0) is 38.5. The normalized spacial score (nSPS) is 18.3. The molecule has 3 heterocycles. The Hall–Kier alpha value is -4.67. The van der Waals surface area contributed by atoms with Crippen molar-refractivity contribution in [3.63, 3.8) is 0 Å². The first kappa shape index (κ1) is 39.0. The molecule has 1 saturated heterocycles. The van der Waals surface area contributed by atoms with Crippen molar-refractivity contribution in [3.8, 4) is 11.9 Å². The van der Waals surface area contributed by atoms with Gasteiger partial charge in [-0.2, -0.15) is 15.2 Å². The summed E-state index contributed by atoms with van der Waals surface area (Å²) in [6.45, 7) is 2.24. The summed E-state index contributed by atoms with van der Waals surface area (Å²) in [7, 11) is 3.19. The molecule has 54 heavy (non-hydrogen) atoms. The molecule has 1 fully saturated rings. The quantitative estimate of drug-likeness (QED) is 0.0902. The van der Waals surface area contributed by atoms with Crippen molar-refractivity contribution in [2.75, 3.05) is 39.1 Å². The number of hydrogen-bond acceptors (Lipinski definition) is 10. The first-order valence-electron chi connectivity index (χ1n) is 17.7. The standard InChI is InChI=1S/C39H44ClN8O5P/c1-27(2)36(49)44-38-43-35-34(37(45-38)52-28(3)21-22-41)42-26-48(35)33-24-47(23-32(53-33)25-51-54(40,50)46(4)5)39(29-15-9-6-10-16-29,30-17-11-7-12-18-30)31-19-13-8-14-20-31/h6-20,26-28,32-33H,21,23-25H2,1-5H3,(H,43,44,45,49)/t28-,32+,33-,54+/m1/s1. The van der Waals surface area contributed by atoms with E-state index in [0.717, 1.165) is 16.7 Å². The molecule has 0 unspecified atom stereocenters. The summed E-state index contributed by atoms with van der Waals surface area (Å²) in [5.74, 6) is -0.474. The number of imidazole rings is 1. The minimum absolute atomic E-state index is 0.0240. The summed E-state index contributed by atoms with van der Waals surface area (Å²) in [5, 5.41) is 12.1. The highest BCUT2D eigenvalue weighted by Gasteiger charge is 2.47. The molecular weight excluding hydrogens is 727 g/mol. The van der Waals surface area contributed by atoms with E-state index in [1.807, 2.05) is 54.6 Å². The van der Waals surface area contributed by atoms with Gasteiger partial charge in [0, 0.05) is 19.0 Å². The number of benzene rings is 3. The van der Waals surface area contributed by atoms with E-state index in [1.165, 1.54) is 4.67 Å². The summed E-state index contributed by atoms with van der Waals surface area (Å²) in [6, 6.07) is 32.9. The number of ether oxygens (including phenoxy) is 2. The number of carbonyl (C=O) groups is 1. The zero-order valence-corrected chi connectivity index (χ0v) is 32.5. The van der Waals surface area contributed by atoms with Crippen molar-refractivity contribution in [1.29, 1.82) is 5.26 Å². The molecule has 1 aliphatic rings. The average Bonchev–Trinajstić information content (AvgIpc) is 3.60. The van der Waals surface area contributed by atoms with Crippen molar-refractivity contribution in [2.45, 2.75) is 51.2 Å².